The van der Waals surface area contributed by atoms with Crippen molar-refractivity contribution in [3.63, 3.8) is 0 Å². The number of methoxy groups -OCH3 is 1. The van der Waals surface area contributed by atoms with Gasteiger partial charge in [-0.05, 0) is 25.7 Å². The molecule has 2 heterocycles. The van der Waals surface area contributed by atoms with Crippen molar-refractivity contribution in [2.75, 3.05) is 39.9 Å². The van der Waals surface area contributed by atoms with E-state index in [1.165, 1.54) is 25.8 Å². The van der Waals surface area contributed by atoms with Gasteiger partial charge in [-0.1, -0.05) is 12.8 Å². The van der Waals surface area contributed by atoms with Crippen LogP contribution in [0.25, 0.3) is 0 Å². The Morgan fingerprint density at radius 1 is 1.19 bits per heavy atom. The number of carbonyl (C=O) groups excluding carboxylic acids is 1. The Labute approximate surface area is 151 Å². The number of likely N-dealkylation sites (tertiary alicyclic amines) is 2. The number of halogens is 3. The molecule has 3 fully saturated rings. The summed E-state index contributed by atoms with van der Waals surface area (Å²) in [6, 6.07) is 0. The van der Waals surface area contributed by atoms with Crippen LogP contribution in [0.3, 0.4) is 0 Å². The summed E-state index contributed by atoms with van der Waals surface area (Å²) >= 11 is 0. The zero-order valence-electron chi connectivity index (χ0n) is 15.1. The molecule has 1 amide bonds. The van der Waals surface area contributed by atoms with Crippen LogP contribution in [-0.4, -0.2) is 78.4 Å². The van der Waals surface area contributed by atoms with Gasteiger partial charge in [-0.2, -0.15) is 13.2 Å². The molecule has 150 valence electrons. The minimum Gasteiger partial charge on any atom is -0.475 e. The van der Waals surface area contributed by atoms with Gasteiger partial charge in [0.05, 0.1) is 6.61 Å². The molecule has 1 N–H and O–H groups in total. The summed E-state index contributed by atoms with van der Waals surface area (Å²) < 4.78 is 36.9. The van der Waals surface area contributed by atoms with Crippen molar-refractivity contribution in [3.8, 4) is 0 Å². The molecule has 3 aliphatic rings. The first kappa shape index (κ1) is 21.0. The number of carboxylic acid groups (broad SMARTS) is 1. The summed E-state index contributed by atoms with van der Waals surface area (Å²) in [7, 11) is 1.76. The Morgan fingerprint density at radius 3 is 2.23 bits per heavy atom. The Hall–Kier alpha value is -1.35. The Morgan fingerprint density at radius 2 is 1.77 bits per heavy atom. The van der Waals surface area contributed by atoms with Gasteiger partial charge in [-0.15, -0.1) is 0 Å². The predicted octanol–water partition coefficient (Wildman–Crippen LogP) is 2.13. The average Bonchev–Trinajstić information content (AvgIpc) is 3.24. The lowest BCUT2D eigenvalue weighted by Crippen LogP contribution is -2.62. The Bertz CT molecular complexity index is 509. The molecular formula is C17H27F3N2O4. The smallest absolute Gasteiger partial charge is 0.475 e. The lowest BCUT2D eigenvalue weighted by atomic mass is 9.84. The second kappa shape index (κ2) is 8.56. The van der Waals surface area contributed by atoms with Gasteiger partial charge >= 0.3 is 12.1 Å². The van der Waals surface area contributed by atoms with E-state index in [9.17, 15) is 18.0 Å². The number of nitrogens with zero attached hydrogens (tertiary/aromatic N) is 2. The maximum Gasteiger partial charge on any atom is 0.490 e. The third kappa shape index (κ3) is 4.88. The van der Waals surface area contributed by atoms with Crippen LogP contribution in [0, 0.1) is 5.92 Å². The fraction of sp³-hybridized carbons (Fsp3) is 0.882. The molecule has 1 spiro atoms. The first-order valence-corrected chi connectivity index (χ1v) is 9.02. The van der Waals surface area contributed by atoms with E-state index in [1.54, 1.807) is 7.11 Å². The molecule has 0 aromatic carbocycles. The molecule has 1 atom stereocenters. The van der Waals surface area contributed by atoms with E-state index in [0.29, 0.717) is 17.4 Å². The van der Waals surface area contributed by atoms with Gasteiger partial charge < -0.3 is 14.7 Å². The van der Waals surface area contributed by atoms with Crippen LogP contribution in [0.15, 0.2) is 0 Å². The van der Waals surface area contributed by atoms with Crippen molar-refractivity contribution in [1.29, 1.82) is 0 Å². The number of aliphatic carboxylic acids is 1. The van der Waals surface area contributed by atoms with E-state index in [4.69, 9.17) is 14.6 Å². The molecule has 0 radical (unpaired) electrons. The van der Waals surface area contributed by atoms with Crippen LogP contribution in [0.2, 0.25) is 0 Å². The van der Waals surface area contributed by atoms with E-state index in [2.05, 4.69) is 9.80 Å². The summed E-state index contributed by atoms with van der Waals surface area (Å²) in [4.78, 5) is 26.0. The number of carbonyl (C=O) groups is 2. The second-order valence-corrected chi connectivity index (χ2v) is 7.25. The number of rotatable bonds is 4. The van der Waals surface area contributed by atoms with Crippen molar-refractivity contribution in [3.05, 3.63) is 0 Å². The standard InChI is InChI=1S/C15H26N2O2.C2HF3O2/c1-19-11-10-17-9-7-15(17)6-8-16(12-15)14(18)13-4-2-3-5-13;3-2(4,5)1(6)7/h13H,2-12H2,1H3;(H,6,7). The van der Waals surface area contributed by atoms with Gasteiger partial charge in [0, 0.05) is 44.7 Å². The van der Waals surface area contributed by atoms with Crippen LogP contribution < -0.4 is 0 Å². The SMILES string of the molecule is COCCN1CCC12CCN(C(=O)C1CCCC1)C2.O=C(O)C(F)(F)F. The molecule has 1 saturated carbocycles. The van der Waals surface area contributed by atoms with Gasteiger partial charge in [0.2, 0.25) is 5.91 Å². The first-order valence-electron chi connectivity index (χ1n) is 9.02. The largest absolute Gasteiger partial charge is 0.490 e. The van der Waals surface area contributed by atoms with Crippen molar-refractivity contribution >= 4 is 11.9 Å². The summed E-state index contributed by atoms with van der Waals surface area (Å²) in [6.45, 7) is 4.93. The summed E-state index contributed by atoms with van der Waals surface area (Å²) in [5.41, 5.74) is 0.298. The molecule has 26 heavy (non-hydrogen) atoms. The number of carboxylic acids is 1. The fourth-order valence-corrected chi connectivity index (χ4v) is 4.07. The molecule has 1 aliphatic carbocycles. The monoisotopic (exact) mass is 380 g/mol. The van der Waals surface area contributed by atoms with Crippen molar-refractivity contribution in [2.24, 2.45) is 5.92 Å². The van der Waals surface area contributed by atoms with Crippen LogP contribution in [-0.2, 0) is 14.3 Å². The molecule has 3 rings (SSSR count). The van der Waals surface area contributed by atoms with Gasteiger partial charge in [0.15, 0.2) is 0 Å². The first-order chi connectivity index (χ1) is 12.2. The highest BCUT2D eigenvalue weighted by atomic mass is 19.4. The molecule has 2 saturated heterocycles. The molecule has 0 aromatic rings. The molecule has 6 nitrogen and oxygen atoms in total. The Kier molecular flexibility index (Phi) is 6.90. The van der Waals surface area contributed by atoms with Crippen molar-refractivity contribution in [1.82, 2.24) is 9.80 Å². The second-order valence-electron chi connectivity index (χ2n) is 7.25. The van der Waals surface area contributed by atoms with Crippen LogP contribution in [0.5, 0.6) is 0 Å². The van der Waals surface area contributed by atoms with Crippen molar-refractivity contribution in [2.45, 2.75) is 50.2 Å². The highest BCUT2D eigenvalue weighted by Crippen LogP contribution is 2.40. The van der Waals surface area contributed by atoms with E-state index in [0.717, 1.165) is 45.5 Å². The summed E-state index contributed by atoms with van der Waals surface area (Å²) in [5, 5.41) is 7.12. The third-order valence-corrected chi connectivity index (χ3v) is 5.67. The fourth-order valence-electron chi connectivity index (χ4n) is 4.07. The number of hydrogen-bond acceptors (Lipinski definition) is 4. The zero-order valence-corrected chi connectivity index (χ0v) is 15.1. The van der Waals surface area contributed by atoms with E-state index in [1.807, 2.05) is 0 Å². The molecule has 0 aromatic heterocycles. The number of hydrogen-bond donors (Lipinski definition) is 1. The highest BCUT2D eigenvalue weighted by Gasteiger charge is 2.50. The minimum atomic E-state index is -5.08. The normalized spacial score (nSPS) is 26.5. The van der Waals surface area contributed by atoms with E-state index in [-0.39, 0.29) is 0 Å². The Balaban J connectivity index is 0.000000298. The maximum absolute atomic E-state index is 12.5. The quantitative estimate of drug-likeness (QED) is 0.809. The predicted molar refractivity (Wildman–Crippen MR) is 87.6 cm³/mol. The lowest BCUT2D eigenvalue weighted by molar-refractivity contribution is -0.192. The van der Waals surface area contributed by atoms with Gasteiger partial charge in [0.25, 0.3) is 0 Å². The molecule has 0 bridgehead atoms. The van der Waals surface area contributed by atoms with Crippen LogP contribution >= 0.6 is 0 Å². The summed E-state index contributed by atoms with van der Waals surface area (Å²) in [5.74, 6) is -1.98. The van der Waals surface area contributed by atoms with Gasteiger partial charge in [-0.3, -0.25) is 9.69 Å². The molecule has 9 heteroatoms. The van der Waals surface area contributed by atoms with E-state index >= 15 is 0 Å². The van der Waals surface area contributed by atoms with E-state index < -0.39 is 12.1 Å². The highest BCUT2D eigenvalue weighted by molar-refractivity contribution is 5.79. The number of alkyl halides is 3. The molecule has 1 unspecified atom stereocenters. The maximum atomic E-state index is 12.5. The average molecular weight is 380 g/mol. The topological polar surface area (TPSA) is 70.1 Å². The van der Waals surface area contributed by atoms with Gasteiger partial charge in [-0.25, -0.2) is 4.79 Å². The number of ether oxygens (including phenoxy) is 1. The molecular weight excluding hydrogens is 353 g/mol. The third-order valence-electron chi connectivity index (χ3n) is 5.67. The number of amides is 1. The molecule has 2 aliphatic heterocycles. The lowest BCUT2D eigenvalue weighted by Gasteiger charge is -2.50. The van der Waals surface area contributed by atoms with Crippen LogP contribution in [0.4, 0.5) is 13.2 Å². The minimum absolute atomic E-state index is 0.298. The zero-order chi connectivity index (χ0) is 19.4. The van der Waals surface area contributed by atoms with Gasteiger partial charge in [0.1, 0.15) is 0 Å². The summed E-state index contributed by atoms with van der Waals surface area (Å²) in [6.07, 6.45) is 2.07. The van der Waals surface area contributed by atoms with Crippen LogP contribution in [0.1, 0.15) is 38.5 Å². The van der Waals surface area contributed by atoms with Crippen molar-refractivity contribution < 1.29 is 32.6 Å².